The van der Waals surface area contributed by atoms with E-state index < -0.39 is 4.92 Å². The maximum Gasteiger partial charge on any atom is 0.270 e. The zero-order valence-electron chi connectivity index (χ0n) is 14.7. The Morgan fingerprint density at radius 3 is 2.29 bits per heavy atom. The predicted molar refractivity (Wildman–Crippen MR) is 109 cm³/mol. The Morgan fingerprint density at radius 1 is 0.893 bits per heavy atom. The fourth-order valence-corrected chi connectivity index (χ4v) is 2.93. The van der Waals surface area contributed by atoms with Crippen LogP contribution in [0.2, 0.25) is 0 Å². The number of nitrogens with zero attached hydrogens (tertiary/aromatic N) is 1. The Labute approximate surface area is 160 Å². The van der Waals surface area contributed by atoms with Gasteiger partial charge in [-0.1, -0.05) is 18.2 Å². The molecule has 1 aromatic heterocycles. The molecule has 0 atom stereocenters. The predicted octanol–water partition coefficient (Wildman–Crippen LogP) is 5.07. The summed E-state index contributed by atoms with van der Waals surface area (Å²) in [6.45, 7) is 0. The highest BCUT2D eigenvalue weighted by Gasteiger charge is 2.15. The highest BCUT2D eigenvalue weighted by atomic mass is 16.6. The summed E-state index contributed by atoms with van der Waals surface area (Å²) in [5, 5.41) is 17.6. The first kappa shape index (κ1) is 17.3. The molecule has 0 radical (unpaired) electrons. The molecular weight excluding hydrogens is 356 g/mol. The van der Waals surface area contributed by atoms with Crippen LogP contribution in [-0.2, 0) is 0 Å². The van der Waals surface area contributed by atoms with Gasteiger partial charge in [-0.3, -0.25) is 14.9 Å². The van der Waals surface area contributed by atoms with Crippen molar-refractivity contribution in [1.82, 2.24) is 4.98 Å². The van der Waals surface area contributed by atoms with Crippen molar-refractivity contribution in [2.45, 2.75) is 0 Å². The number of benzene rings is 3. The summed E-state index contributed by atoms with van der Waals surface area (Å²) in [4.78, 5) is 26.1. The number of hydrogen-bond donors (Lipinski definition) is 3. The molecule has 4 rings (SSSR count). The normalized spacial score (nSPS) is 10.6. The van der Waals surface area contributed by atoms with Crippen LogP contribution in [0, 0.1) is 10.1 Å². The van der Waals surface area contributed by atoms with Crippen LogP contribution in [0.4, 0.5) is 22.7 Å². The van der Waals surface area contributed by atoms with E-state index in [1.54, 1.807) is 24.4 Å². The molecule has 0 fully saturated rings. The number of nitro benzene ring substituents is 1. The molecule has 3 N–H and O–H groups in total. The first-order valence-electron chi connectivity index (χ1n) is 8.59. The van der Waals surface area contributed by atoms with Gasteiger partial charge in [0.05, 0.1) is 10.5 Å². The SMILES string of the molecule is O=C(Nc1ccc(Nc2ccccc2)cc1)c1c[nH]c2ccc([N+](=O)[O-])cc12. The minimum absolute atomic E-state index is 0.0579. The monoisotopic (exact) mass is 372 g/mol. The summed E-state index contributed by atoms with van der Waals surface area (Å²) in [6, 6.07) is 21.5. The number of rotatable bonds is 5. The van der Waals surface area contributed by atoms with Gasteiger partial charge in [0.2, 0.25) is 0 Å². The zero-order valence-corrected chi connectivity index (χ0v) is 14.7. The maximum absolute atomic E-state index is 12.6. The van der Waals surface area contributed by atoms with Crippen LogP contribution in [-0.4, -0.2) is 15.8 Å². The van der Waals surface area contributed by atoms with E-state index >= 15 is 0 Å². The Balaban J connectivity index is 1.51. The van der Waals surface area contributed by atoms with Gasteiger partial charge in [0.25, 0.3) is 11.6 Å². The van der Waals surface area contributed by atoms with Crippen LogP contribution in [0.1, 0.15) is 10.4 Å². The number of hydrogen-bond acceptors (Lipinski definition) is 4. The third-order valence-electron chi connectivity index (χ3n) is 4.33. The van der Waals surface area contributed by atoms with Gasteiger partial charge < -0.3 is 15.6 Å². The Kier molecular flexibility index (Phi) is 4.47. The van der Waals surface area contributed by atoms with Gasteiger partial charge in [0, 0.05) is 46.3 Å². The average molecular weight is 372 g/mol. The number of nitrogens with one attached hydrogen (secondary N) is 3. The van der Waals surface area contributed by atoms with E-state index in [1.807, 2.05) is 42.5 Å². The van der Waals surface area contributed by atoms with E-state index in [0.29, 0.717) is 22.2 Å². The molecule has 0 saturated carbocycles. The lowest BCUT2D eigenvalue weighted by Crippen LogP contribution is -2.11. The van der Waals surface area contributed by atoms with Crippen molar-refractivity contribution in [3.63, 3.8) is 0 Å². The standard InChI is InChI=1S/C21H16N4O3/c26-21(19-13-22-20-11-10-17(25(27)28)12-18(19)20)24-16-8-6-15(7-9-16)23-14-4-2-1-3-5-14/h1-13,22-23H,(H,24,26). The van der Waals surface area contributed by atoms with Crippen molar-refractivity contribution in [1.29, 1.82) is 0 Å². The third-order valence-corrected chi connectivity index (χ3v) is 4.33. The second-order valence-corrected chi connectivity index (χ2v) is 6.21. The number of fused-ring (bicyclic) bond motifs is 1. The number of para-hydroxylation sites is 1. The van der Waals surface area contributed by atoms with Crippen LogP contribution in [0.15, 0.2) is 79.0 Å². The molecule has 0 aliphatic rings. The first-order valence-corrected chi connectivity index (χ1v) is 8.59. The molecule has 4 aromatic rings. The van der Waals surface area contributed by atoms with E-state index in [2.05, 4.69) is 15.6 Å². The molecule has 28 heavy (non-hydrogen) atoms. The molecule has 0 aliphatic carbocycles. The van der Waals surface area contributed by atoms with Gasteiger partial charge in [-0.05, 0) is 42.5 Å². The van der Waals surface area contributed by atoms with Crippen LogP contribution >= 0.6 is 0 Å². The lowest BCUT2D eigenvalue weighted by atomic mass is 10.1. The molecule has 0 bridgehead atoms. The number of carbonyl (C=O) groups is 1. The number of anilines is 3. The summed E-state index contributed by atoms with van der Waals surface area (Å²) in [6.07, 6.45) is 1.55. The van der Waals surface area contributed by atoms with E-state index in [9.17, 15) is 14.9 Å². The maximum atomic E-state index is 12.6. The van der Waals surface area contributed by atoms with Crippen molar-refractivity contribution < 1.29 is 9.72 Å². The topological polar surface area (TPSA) is 100 Å². The van der Waals surface area contributed by atoms with Crippen molar-refractivity contribution in [2.24, 2.45) is 0 Å². The number of amides is 1. The number of nitro groups is 1. The molecule has 1 amide bonds. The second kappa shape index (κ2) is 7.24. The number of non-ortho nitro benzene ring substituents is 1. The molecule has 138 valence electrons. The van der Waals surface area contributed by atoms with E-state index in [0.717, 1.165) is 11.4 Å². The number of aromatic amines is 1. The molecular formula is C21H16N4O3. The smallest absolute Gasteiger partial charge is 0.270 e. The van der Waals surface area contributed by atoms with Gasteiger partial charge in [0.15, 0.2) is 0 Å². The van der Waals surface area contributed by atoms with Crippen molar-refractivity contribution in [2.75, 3.05) is 10.6 Å². The van der Waals surface area contributed by atoms with E-state index in [4.69, 9.17) is 0 Å². The van der Waals surface area contributed by atoms with Crippen molar-refractivity contribution in [3.05, 3.63) is 94.7 Å². The van der Waals surface area contributed by atoms with Crippen LogP contribution in [0.5, 0.6) is 0 Å². The van der Waals surface area contributed by atoms with Crippen LogP contribution in [0.3, 0.4) is 0 Å². The molecule has 0 saturated heterocycles. The van der Waals surface area contributed by atoms with Crippen LogP contribution in [0.25, 0.3) is 10.9 Å². The minimum atomic E-state index is -0.480. The van der Waals surface area contributed by atoms with Gasteiger partial charge in [0.1, 0.15) is 0 Å². The van der Waals surface area contributed by atoms with Crippen molar-refractivity contribution >= 4 is 39.6 Å². The molecule has 3 aromatic carbocycles. The second-order valence-electron chi connectivity index (χ2n) is 6.21. The quantitative estimate of drug-likeness (QED) is 0.336. The van der Waals surface area contributed by atoms with Gasteiger partial charge in [-0.15, -0.1) is 0 Å². The number of aromatic nitrogens is 1. The average Bonchev–Trinajstić information content (AvgIpc) is 3.13. The Bertz CT molecular complexity index is 1150. The number of carbonyl (C=O) groups excluding carboxylic acids is 1. The summed E-state index contributed by atoms with van der Waals surface area (Å²) in [7, 11) is 0. The molecule has 7 heteroatoms. The lowest BCUT2D eigenvalue weighted by Gasteiger charge is -2.08. The first-order chi connectivity index (χ1) is 13.6. The Hall–Kier alpha value is -4.13. The summed E-state index contributed by atoms with van der Waals surface area (Å²) >= 11 is 0. The van der Waals surface area contributed by atoms with Gasteiger partial charge >= 0.3 is 0 Å². The molecule has 7 nitrogen and oxygen atoms in total. The third kappa shape index (κ3) is 3.54. The van der Waals surface area contributed by atoms with E-state index in [1.165, 1.54) is 12.1 Å². The summed E-state index contributed by atoms with van der Waals surface area (Å²) < 4.78 is 0. The van der Waals surface area contributed by atoms with Crippen molar-refractivity contribution in [3.8, 4) is 0 Å². The fraction of sp³-hybridized carbons (Fsp3) is 0. The van der Waals surface area contributed by atoms with Crippen LogP contribution < -0.4 is 10.6 Å². The molecule has 0 aliphatic heterocycles. The fourth-order valence-electron chi connectivity index (χ4n) is 2.93. The highest BCUT2D eigenvalue weighted by Crippen LogP contribution is 2.25. The molecule has 1 heterocycles. The summed E-state index contributed by atoms with van der Waals surface area (Å²) in [5.41, 5.74) is 3.45. The van der Waals surface area contributed by atoms with E-state index in [-0.39, 0.29) is 11.6 Å². The minimum Gasteiger partial charge on any atom is -0.360 e. The highest BCUT2D eigenvalue weighted by molar-refractivity contribution is 6.13. The summed E-state index contributed by atoms with van der Waals surface area (Å²) in [5.74, 6) is -0.337. The van der Waals surface area contributed by atoms with Gasteiger partial charge in [-0.25, -0.2) is 0 Å². The molecule has 0 spiro atoms. The van der Waals surface area contributed by atoms with Gasteiger partial charge in [-0.2, -0.15) is 0 Å². The lowest BCUT2D eigenvalue weighted by molar-refractivity contribution is -0.384. The largest absolute Gasteiger partial charge is 0.360 e. The zero-order chi connectivity index (χ0) is 19.5. The Morgan fingerprint density at radius 2 is 1.57 bits per heavy atom. The number of H-pyrrole nitrogens is 1. The molecule has 0 unspecified atom stereocenters.